The van der Waals surface area contributed by atoms with E-state index in [0.29, 0.717) is 6.54 Å². The highest BCUT2D eigenvalue weighted by atomic mass is 16.1. The summed E-state index contributed by atoms with van der Waals surface area (Å²) in [6.07, 6.45) is 2.09. The number of hydrogen-bond donors (Lipinski definition) is 2. The molecule has 2 N–H and O–H groups in total. The minimum absolute atomic E-state index is 0.134. The Labute approximate surface area is 115 Å². The van der Waals surface area contributed by atoms with E-state index in [0.717, 1.165) is 31.5 Å². The van der Waals surface area contributed by atoms with E-state index in [4.69, 9.17) is 0 Å². The Morgan fingerprint density at radius 3 is 2.68 bits per heavy atom. The highest BCUT2D eigenvalue weighted by molar-refractivity contribution is 5.78. The molecule has 4 nitrogen and oxygen atoms in total. The van der Waals surface area contributed by atoms with Crippen molar-refractivity contribution in [3.8, 4) is 0 Å². The molecule has 1 amide bonds. The first-order chi connectivity index (χ1) is 9.16. The van der Waals surface area contributed by atoms with Crippen LogP contribution in [0.5, 0.6) is 0 Å². The molecule has 1 heterocycles. The molecule has 0 bridgehead atoms. The fourth-order valence-electron chi connectivity index (χ4n) is 2.32. The average molecular weight is 261 g/mol. The highest BCUT2D eigenvalue weighted by Gasteiger charge is 2.20. The van der Waals surface area contributed by atoms with E-state index in [2.05, 4.69) is 39.8 Å². The third kappa shape index (κ3) is 3.96. The van der Waals surface area contributed by atoms with Gasteiger partial charge in [0.2, 0.25) is 5.91 Å². The standard InChI is InChI=1S/C15H23N3O/c1-18(2)14-7-5-12(6-8-14)10-17-15(19)13-4-3-9-16-11-13/h5-8,13,16H,3-4,9-11H2,1-2H3,(H,17,19)/t13-/m1/s1. The largest absolute Gasteiger partial charge is 0.378 e. The molecule has 0 radical (unpaired) electrons. The van der Waals surface area contributed by atoms with Crippen molar-refractivity contribution >= 4 is 11.6 Å². The Bertz CT molecular complexity index is 408. The van der Waals surface area contributed by atoms with Crippen LogP contribution in [0.15, 0.2) is 24.3 Å². The summed E-state index contributed by atoms with van der Waals surface area (Å²) in [6.45, 7) is 2.46. The molecule has 1 aromatic rings. The zero-order valence-corrected chi connectivity index (χ0v) is 11.8. The molecule has 1 saturated heterocycles. The molecular formula is C15H23N3O. The maximum absolute atomic E-state index is 12.0. The van der Waals surface area contributed by atoms with Crippen LogP contribution in [0.1, 0.15) is 18.4 Å². The first-order valence-electron chi connectivity index (χ1n) is 6.91. The van der Waals surface area contributed by atoms with Crippen LogP contribution < -0.4 is 15.5 Å². The normalized spacial score (nSPS) is 18.9. The number of carbonyl (C=O) groups excluding carboxylic acids is 1. The van der Waals surface area contributed by atoms with Gasteiger partial charge in [-0.05, 0) is 37.1 Å². The maximum Gasteiger partial charge on any atom is 0.224 e. The van der Waals surface area contributed by atoms with Crippen LogP contribution >= 0.6 is 0 Å². The lowest BCUT2D eigenvalue weighted by Crippen LogP contribution is -2.40. The highest BCUT2D eigenvalue weighted by Crippen LogP contribution is 2.13. The van der Waals surface area contributed by atoms with Crippen molar-refractivity contribution in [1.82, 2.24) is 10.6 Å². The summed E-state index contributed by atoms with van der Waals surface area (Å²) in [7, 11) is 4.04. The molecule has 2 rings (SSSR count). The third-order valence-corrected chi connectivity index (χ3v) is 3.59. The van der Waals surface area contributed by atoms with Gasteiger partial charge in [0, 0.05) is 32.9 Å². The Hall–Kier alpha value is -1.55. The quantitative estimate of drug-likeness (QED) is 0.860. The van der Waals surface area contributed by atoms with Gasteiger partial charge in [0.15, 0.2) is 0 Å². The summed E-state index contributed by atoms with van der Waals surface area (Å²) in [6, 6.07) is 8.27. The summed E-state index contributed by atoms with van der Waals surface area (Å²) < 4.78 is 0. The predicted octanol–water partition coefficient (Wildman–Crippen LogP) is 1.37. The minimum atomic E-state index is 0.134. The third-order valence-electron chi connectivity index (χ3n) is 3.59. The summed E-state index contributed by atoms with van der Waals surface area (Å²) >= 11 is 0. The molecule has 4 heteroatoms. The van der Waals surface area contributed by atoms with E-state index in [1.807, 2.05) is 14.1 Å². The number of rotatable bonds is 4. The van der Waals surface area contributed by atoms with Crippen LogP contribution in [0.4, 0.5) is 5.69 Å². The van der Waals surface area contributed by atoms with Gasteiger partial charge in [-0.1, -0.05) is 12.1 Å². The number of anilines is 1. The summed E-state index contributed by atoms with van der Waals surface area (Å²) in [5.74, 6) is 0.304. The monoisotopic (exact) mass is 261 g/mol. The lowest BCUT2D eigenvalue weighted by molar-refractivity contribution is -0.125. The topological polar surface area (TPSA) is 44.4 Å². The minimum Gasteiger partial charge on any atom is -0.378 e. The Morgan fingerprint density at radius 2 is 2.11 bits per heavy atom. The van der Waals surface area contributed by atoms with Gasteiger partial charge < -0.3 is 15.5 Å². The Kier molecular flexibility index (Phi) is 4.80. The molecule has 19 heavy (non-hydrogen) atoms. The van der Waals surface area contributed by atoms with Crippen LogP contribution in [-0.4, -0.2) is 33.1 Å². The second-order valence-corrected chi connectivity index (χ2v) is 5.32. The van der Waals surface area contributed by atoms with Crippen LogP contribution in [0.25, 0.3) is 0 Å². The van der Waals surface area contributed by atoms with Crippen LogP contribution in [-0.2, 0) is 11.3 Å². The van der Waals surface area contributed by atoms with Gasteiger partial charge in [-0.2, -0.15) is 0 Å². The summed E-state index contributed by atoms with van der Waals surface area (Å²) in [5, 5.41) is 6.29. The van der Waals surface area contributed by atoms with E-state index < -0.39 is 0 Å². The molecule has 0 saturated carbocycles. The number of benzene rings is 1. The lowest BCUT2D eigenvalue weighted by Gasteiger charge is -2.22. The zero-order valence-electron chi connectivity index (χ0n) is 11.8. The molecular weight excluding hydrogens is 238 g/mol. The zero-order chi connectivity index (χ0) is 13.7. The molecule has 0 aromatic heterocycles. The first-order valence-corrected chi connectivity index (χ1v) is 6.91. The number of piperidine rings is 1. The molecule has 1 aromatic carbocycles. The second-order valence-electron chi connectivity index (χ2n) is 5.32. The molecule has 1 aliphatic heterocycles. The van der Waals surface area contributed by atoms with Crippen LogP contribution in [0, 0.1) is 5.92 Å². The molecule has 1 fully saturated rings. The average Bonchev–Trinajstić information content (AvgIpc) is 2.46. The molecule has 1 atom stereocenters. The fraction of sp³-hybridized carbons (Fsp3) is 0.533. The molecule has 104 valence electrons. The SMILES string of the molecule is CN(C)c1ccc(CNC(=O)[C@@H]2CCCNC2)cc1. The van der Waals surface area contributed by atoms with Gasteiger partial charge in [-0.25, -0.2) is 0 Å². The van der Waals surface area contributed by atoms with Crippen molar-refractivity contribution in [2.45, 2.75) is 19.4 Å². The summed E-state index contributed by atoms with van der Waals surface area (Å²) in [5.41, 5.74) is 2.31. The predicted molar refractivity (Wildman–Crippen MR) is 78.2 cm³/mol. The number of carbonyl (C=O) groups is 1. The van der Waals surface area contributed by atoms with Crippen molar-refractivity contribution in [3.63, 3.8) is 0 Å². The Balaban J connectivity index is 1.82. The van der Waals surface area contributed by atoms with E-state index in [1.165, 1.54) is 5.69 Å². The van der Waals surface area contributed by atoms with E-state index in [1.54, 1.807) is 0 Å². The van der Waals surface area contributed by atoms with Crippen molar-refractivity contribution in [1.29, 1.82) is 0 Å². The van der Waals surface area contributed by atoms with Crippen molar-refractivity contribution in [3.05, 3.63) is 29.8 Å². The maximum atomic E-state index is 12.0. The van der Waals surface area contributed by atoms with Crippen LogP contribution in [0.3, 0.4) is 0 Å². The van der Waals surface area contributed by atoms with Crippen molar-refractivity contribution in [2.24, 2.45) is 5.92 Å². The molecule has 1 aliphatic rings. The second kappa shape index (κ2) is 6.57. The van der Waals surface area contributed by atoms with Gasteiger partial charge in [-0.3, -0.25) is 4.79 Å². The molecule has 0 aliphatic carbocycles. The van der Waals surface area contributed by atoms with Gasteiger partial charge in [0.25, 0.3) is 0 Å². The van der Waals surface area contributed by atoms with Crippen molar-refractivity contribution in [2.75, 3.05) is 32.1 Å². The van der Waals surface area contributed by atoms with E-state index in [-0.39, 0.29) is 11.8 Å². The number of hydrogen-bond acceptors (Lipinski definition) is 3. The number of nitrogens with one attached hydrogen (secondary N) is 2. The fourth-order valence-corrected chi connectivity index (χ4v) is 2.32. The lowest BCUT2D eigenvalue weighted by atomic mass is 9.99. The molecule has 0 spiro atoms. The Morgan fingerprint density at radius 1 is 1.37 bits per heavy atom. The van der Waals surface area contributed by atoms with Gasteiger partial charge >= 0.3 is 0 Å². The molecule has 0 unspecified atom stereocenters. The van der Waals surface area contributed by atoms with Crippen LogP contribution in [0.2, 0.25) is 0 Å². The summed E-state index contributed by atoms with van der Waals surface area (Å²) in [4.78, 5) is 14.1. The van der Waals surface area contributed by atoms with Gasteiger partial charge in [0.1, 0.15) is 0 Å². The van der Waals surface area contributed by atoms with Crippen molar-refractivity contribution < 1.29 is 4.79 Å². The number of amides is 1. The first kappa shape index (κ1) is 13.9. The smallest absolute Gasteiger partial charge is 0.224 e. The van der Waals surface area contributed by atoms with E-state index in [9.17, 15) is 4.79 Å². The van der Waals surface area contributed by atoms with Gasteiger partial charge in [0.05, 0.1) is 5.92 Å². The van der Waals surface area contributed by atoms with Gasteiger partial charge in [-0.15, -0.1) is 0 Å². The number of nitrogens with zero attached hydrogens (tertiary/aromatic N) is 1. The van der Waals surface area contributed by atoms with E-state index >= 15 is 0 Å².